The van der Waals surface area contributed by atoms with E-state index < -0.39 is 18.7 Å². The van der Waals surface area contributed by atoms with Crippen molar-refractivity contribution in [3.63, 3.8) is 0 Å². The Hall–Kier alpha value is -1.81. The van der Waals surface area contributed by atoms with E-state index in [1.807, 2.05) is 11.8 Å². The monoisotopic (exact) mass is 492 g/mol. The molecule has 0 aliphatic carbocycles. The van der Waals surface area contributed by atoms with Gasteiger partial charge in [-0.25, -0.2) is 9.97 Å². The van der Waals surface area contributed by atoms with Crippen molar-refractivity contribution < 1.29 is 23.0 Å². The van der Waals surface area contributed by atoms with Gasteiger partial charge in [-0.3, -0.25) is 0 Å². The minimum Gasteiger partial charge on any atom is -0.406 e. The van der Waals surface area contributed by atoms with Gasteiger partial charge in [0.05, 0.1) is 28.0 Å². The van der Waals surface area contributed by atoms with Crippen LogP contribution in [0.25, 0.3) is 11.3 Å². The molecule has 0 bridgehead atoms. The van der Waals surface area contributed by atoms with Crippen LogP contribution in [0.2, 0.25) is 10.0 Å². The second-order valence-corrected chi connectivity index (χ2v) is 9.12. The Balaban J connectivity index is 1.99. The standard InChI is InChI=1S/C21H25Cl2F3N4O2/c1-11-18(14-8-13(32-21(24,25)26)9-15(22)17(14)23)29-16(10-31)19(28-11)30-6-4-20(3,5-7-30)12(2)27/h8-9,12,31H,4-7,10,27H2,1-3H3. The first-order valence-corrected chi connectivity index (χ1v) is 10.8. The van der Waals surface area contributed by atoms with Crippen molar-refractivity contribution in [2.24, 2.45) is 11.1 Å². The van der Waals surface area contributed by atoms with Gasteiger partial charge in [0.25, 0.3) is 0 Å². The van der Waals surface area contributed by atoms with Gasteiger partial charge < -0.3 is 20.5 Å². The normalized spacial score (nSPS) is 17.4. The van der Waals surface area contributed by atoms with Gasteiger partial charge >= 0.3 is 6.36 Å². The molecule has 0 spiro atoms. The highest BCUT2D eigenvalue weighted by molar-refractivity contribution is 6.43. The van der Waals surface area contributed by atoms with Crippen molar-refractivity contribution in [2.45, 2.75) is 52.6 Å². The zero-order valence-corrected chi connectivity index (χ0v) is 19.4. The number of piperidine rings is 1. The van der Waals surface area contributed by atoms with E-state index in [1.165, 1.54) is 0 Å². The largest absolute Gasteiger partial charge is 0.573 e. The van der Waals surface area contributed by atoms with E-state index in [2.05, 4.69) is 21.6 Å². The third-order valence-corrected chi connectivity index (χ3v) is 6.87. The number of anilines is 1. The summed E-state index contributed by atoms with van der Waals surface area (Å²) in [4.78, 5) is 11.1. The fourth-order valence-electron chi connectivity index (χ4n) is 3.77. The molecule has 0 amide bonds. The van der Waals surface area contributed by atoms with Gasteiger partial charge in [-0.2, -0.15) is 0 Å². The summed E-state index contributed by atoms with van der Waals surface area (Å²) in [5.41, 5.74) is 7.23. The van der Waals surface area contributed by atoms with Crippen molar-refractivity contribution in [3.05, 3.63) is 33.6 Å². The van der Waals surface area contributed by atoms with Crippen LogP contribution in [0.3, 0.4) is 0 Å². The Kier molecular flexibility index (Phi) is 7.14. The van der Waals surface area contributed by atoms with Gasteiger partial charge in [-0.15, -0.1) is 13.2 Å². The summed E-state index contributed by atoms with van der Waals surface area (Å²) in [7, 11) is 0. The van der Waals surface area contributed by atoms with Crippen LogP contribution in [0.4, 0.5) is 19.0 Å². The molecule has 1 saturated heterocycles. The molecular weight excluding hydrogens is 468 g/mol. The third kappa shape index (κ3) is 5.22. The first-order valence-electron chi connectivity index (χ1n) is 10.1. The van der Waals surface area contributed by atoms with Crippen LogP contribution in [0, 0.1) is 12.3 Å². The maximum absolute atomic E-state index is 12.7. The lowest BCUT2D eigenvalue weighted by Crippen LogP contribution is -2.47. The number of aliphatic hydroxyl groups is 1. The van der Waals surface area contributed by atoms with Crippen molar-refractivity contribution in [1.29, 1.82) is 0 Å². The summed E-state index contributed by atoms with van der Waals surface area (Å²) in [5, 5.41) is 9.85. The quantitative estimate of drug-likeness (QED) is 0.603. The summed E-state index contributed by atoms with van der Waals surface area (Å²) in [6.07, 6.45) is -3.17. The molecule has 6 nitrogen and oxygen atoms in total. The van der Waals surface area contributed by atoms with Crippen LogP contribution in [0.15, 0.2) is 12.1 Å². The molecule has 2 heterocycles. The molecule has 1 atom stereocenters. The number of alkyl halides is 3. The topological polar surface area (TPSA) is 84.5 Å². The maximum atomic E-state index is 12.7. The lowest BCUT2D eigenvalue weighted by atomic mass is 9.75. The molecule has 3 rings (SSSR count). The van der Waals surface area contributed by atoms with Crippen molar-refractivity contribution in [1.82, 2.24) is 9.97 Å². The number of nitrogens with zero attached hydrogens (tertiary/aromatic N) is 3. The highest BCUT2D eigenvalue weighted by Gasteiger charge is 2.35. The van der Waals surface area contributed by atoms with Crippen LogP contribution in [0.1, 0.15) is 38.1 Å². The van der Waals surface area contributed by atoms with Gasteiger partial charge in [0.2, 0.25) is 0 Å². The highest BCUT2D eigenvalue weighted by atomic mass is 35.5. The smallest absolute Gasteiger partial charge is 0.406 e. The Morgan fingerprint density at radius 1 is 1.25 bits per heavy atom. The maximum Gasteiger partial charge on any atom is 0.573 e. The molecule has 176 valence electrons. The zero-order chi connectivity index (χ0) is 23.8. The van der Waals surface area contributed by atoms with Crippen LogP contribution < -0.4 is 15.4 Å². The molecule has 11 heteroatoms. The summed E-state index contributed by atoms with van der Waals surface area (Å²) in [6.45, 7) is 6.81. The number of halogens is 5. The summed E-state index contributed by atoms with van der Waals surface area (Å²) in [5.74, 6) is 0.00864. The molecule has 32 heavy (non-hydrogen) atoms. The number of aliphatic hydroxyl groups excluding tert-OH is 1. The number of hydrogen-bond donors (Lipinski definition) is 2. The first kappa shape index (κ1) is 24.8. The van der Waals surface area contributed by atoms with E-state index in [1.54, 1.807) is 6.92 Å². The molecule has 1 aliphatic heterocycles. The Bertz CT molecular complexity index is 994. The predicted molar refractivity (Wildman–Crippen MR) is 118 cm³/mol. The number of aromatic nitrogens is 2. The van der Waals surface area contributed by atoms with Gasteiger partial charge in [0.1, 0.15) is 11.4 Å². The van der Waals surface area contributed by atoms with E-state index in [4.69, 9.17) is 28.9 Å². The minimum absolute atomic E-state index is 0.0147. The molecule has 0 saturated carbocycles. The number of benzene rings is 1. The molecule has 1 unspecified atom stereocenters. The average Bonchev–Trinajstić information content (AvgIpc) is 2.70. The molecule has 2 aromatic rings. The van der Waals surface area contributed by atoms with Crippen LogP contribution in [0.5, 0.6) is 5.75 Å². The second kappa shape index (κ2) is 9.21. The van der Waals surface area contributed by atoms with E-state index >= 15 is 0 Å². The number of ether oxygens (including phenoxy) is 1. The molecule has 1 aromatic heterocycles. The van der Waals surface area contributed by atoms with Gasteiger partial charge in [0, 0.05) is 30.8 Å². The second-order valence-electron chi connectivity index (χ2n) is 8.33. The SMILES string of the molecule is Cc1nc(N2CCC(C)(C(C)N)CC2)c(CO)nc1-c1cc(OC(F)(F)F)cc(Cl)c1Cl. The van der Waals surface area contributed by atoms with E-state index in [0.29, 0.717) is 30.3 Å². The van der Waals surface area contributed by atoms with Crippen LogP contribution in [-0.2, 0) is 6.61 Å². The highest BCUT2D eigenvalue weighted by Crippen LogP contribution is 2.40. The summed E-state index contributed by atoms with van der Waals surface area (Å²) >= 11 is 12.3. The average molecular weight is 493 g/mol. The Morgan fingerprint density at radius 2 is 1.88 bits per heavy atom. The molecular formula is C21H25Cl2F3N4O2. The van der Waals surface area contributed by atoms with Gasteiger partial charge in [0.15, 0.2) is 5.82 Å². The van der Waals surface area contributed by atoms with E-state index in [0.717, 1.165) is 25.0 Å². The van der Waals surface area contributed by atoms with E-state index in [9.17, 15) is 18.3 Å². The molecule has 0 radical (unpaired) electrons. The van der Waals surface area contributed by atoms with Crippen molar-refractivity contribution in [2.75, 3.05) is 18.0 Å². The molecule has 1 aromatic carbocycles. The number of aryl methyl sites for hydroxylation is 1. The Labute approximate surface area is 194 Å². The van der Waals surface area contributed by atoms with Crippen LogP contribution >= 0.6 is 23.2 Å². The fourth-order valence-corrected chi connectivity index (χ4v) is 4.18. The lowest BCUT2D eigenvalue weighted by molar-refractivity contribution is -0.274. The van der Waals surface area contributed by atoms with Crippen molar-refractivity contribution in [3.8, 4) is 17.0 Å². The minimum atomic E-state index is -4.89. The lowest BCUT2D eigenvalue weighted by Gasteiger charge is -2.42. The number of hydrogen-bond acceptors (Lipinski definition) is 6. The molecule has 1 fully saturated rings. The predicted octanol–water partition coefficient (Wildman–Crippen LogP) is 5.10. The van der Waals surface area contributed by atoms with Gasteiger partial charge in [-0.05, 0) is 38.2 Å². The molecule has 3 N–H and O–H groups in total. The van der Waals surface area contributed by atoms with Crippen molar-refractivity contribution >= 4 is 29.0 Å². The summed E-state index contributed by atoms with van der Waals surface area (Å²) < 4.78 is 42.1. The Morgan fingerprint density at radius 3 is 2.41 bits per heavy atom. The third-order valence-electron chi connectivity index (χ3n) is 6.07. The molecule has 1 aliphatic rings. The van der Waals surface area contributed by atoms with Gasteiger partial charge in [-0.1, -0.05) is 30.1 Å². The first-order chi connectivity index (χ1) is 14.8. The van der Waals surface area contributed by atoms with E-state index in [-0.39, 0.29) is 32.8 Å². The summed E-state index contributed by atoms with van der Waals surface area (Å²) in [6, 6.07) is 2.14. The fraction of sp³-hybridized carbons (Fsp3) is 0.524. The zero-order valence-electron chi connectivity index (χ0n) is 17.9. The van der Waals surface area contributed by atoms with Crippen LogP contribution in [-0.4, -0.2) is 40.6 Å². The number of nitrogens with two attached hydrogens (primary N) is 1. The number of rotatable bonds is 5.